The van der Waals surface area contributed by atoms with Crippen LogP contribution in [0.4, 0.5) is 0 Å². The van der Waals surface area contributed by atoms with Gasteiger partial charge in [-0.15, -0.1) is 0 Å². The molecule has 0 fully saturated rings. The minimum absolute atomic E-state index is 0.00577. The molecule has 1 N–H and O–H groups in total. The van der Waals surface area contributed by atoms with E-state index in [1.54, 1.807) is 24.3 Å². The molecule has 1 aromatic rings. The van der Waals surface area contributed by atoms with Gasteiger partial charge >= 0.3 is 0 Å². The Bertz CT molecular complexity index is 458. The smallest absolute Gasteiger partial charge is 0.254 e. The van der Waals surface area contributed by atoms with E-state index in [2.05, 4.69) is 0 Å². The van der Waals surface area contributed by atoms with Crippen molar-refractivity contribution in [3.63, 3.8) is 0 Å². The fraction of sp³-hybridized carbons (Fsp3) is 0.333. The number of aliphatic hydroxyl groups is 1. The summed E-state index contributed by atoms with van der Waals surface area (Å²) in [5, 5.41) is 19.9. The Balaban J connectivity index is 2.40. The van der Waals surface area contributed by atoms with E-state index in [1.165, 1.54) is 0 Å². The molecule has 1 aliphatic heterocycles. The minimum atomic E-state index is -1.29. The molecular formula is C12H12NO4-. The van der Waals surface area contributed by atoms with Crippen LogP contribution in [0.5, 0.6) is 0 Å². The molecule has 17 heavy (non-hydrogen) atoms. The van der Waals surface area contributed by atoms with E-state index in [9.17, 15) is 14.7 Å². The standard InChI is InChI=1S/C12H13NO4/c14-6-5-13-10(12(16)17)7-8-3-1-2-4-9(8)11(13)15/h1-4,10,14H,5-7H2,(H,16,17)/p-1/t10-/m0/s1. The van der Waals surface area contributed by atoms with Crippen molar-refractivity contribution in [2.45, 2.75) is 12.5 Å². The maximum absolute atomic E-state index is 12.0. The molecule has 5 heteroatoms. The minimum Gasteiger partial charge on any atom is -0.548 e. The summed E-state index contributed by atoms with van der Waals surface area (Å²) < 4.78 is 0. The fourth-order valence-corrected chi connectivity index (χ4v) is 2.10. The van der Waals surface area contributed by atoms with Gasteiger partial charge in [-0.2, -0.15) is 0 Å². The van der Waals surface area contributed by atoms with Gasteiger partial charge in [0.2, 0.25) is 0 Å². The third-order valence-corrected chi connectivity index (χ3v) is 2.91. The number of carbonyl (C=O) groups excluding carboxylic acids is 2. The maximum Gasteiger partial charge on any atom is 0.254 e. The van der Waals surface area contributed by atoms with Crippen molar-refractivity contribution < 1.29 is 19.8 Å². The topological polar surface area (TPSA) is 80.7 Å². The first kappa shape index (κ1) is 11.6. The van der Waals surface area contributed by atoms with Crippen LogP contribution in [0.3, 0.4) is 0 Å². The number of rotatable bonds is 3. The molecule has 1 amide bonds. The third-order valence-electron chi connectivity index (χ3n) is 2.91. The second kappa shape index (κ2) is 4.55. The lowest BCUT2D eigenvalue weighted by Crippen LogP contribution is -2.55. The third kappa shape index (κ3) is 2.01. The highest BCUT2D eigenvalue weighted by Gasteiger charge is 2.32. The van der Waals surface area contributed by atoms with Crippen molar-refractivity contribution in [3.8, 4) is 0 Å². The lowest BCUT2D eigenvalue weighted by atomic mass is 9.93. The van der Waals surface area contributed by atoms with Gasteiger partial charge in [0, 0.05) is 12.1 Å². The van der Waals surface area contributed by atoms with Gasteiger partial charge in [-0.05, 0) is 18.1 Å². The zero-order valence-corrected chi connectivity index (χ0v) is 9.13. The Hall–Kier alpha value is -1.88. The Morgan fingerprint density at radius 1 is 1.47 bits per heavy atom. The Morgan fingerprint density at radius 3 is 2.82 bits per heavy atom. The molecule has 1 heterocycles. The molecule has 90 valence electrons. The Labute approximate surface area is 98.3 Å². The van der Waals surface area contributed by atoms with Crippen LogP contribution < -0.4 is 5.11 Å². The number of fused-ring (bicyclic) bond motifs is 1. The van der Waals surface area contributed by atoms with Crippen LogP contribution in [-0.2, 0) is 11.2 Å². The summed E-state index contributed by atoms with van der Waals surface area (Å²) in [5.74, 6) is -1.66. The van der Waals surface area contributed by atoms with Crippen LogP contribution in [0.15, 0.2) is 24.3 Å². The molecule has 2 rings (SSSR count). The normalized spacial score (nSPS) is 19.0. The lowest BCUT2D eigenvalue weighted by molar-refractivity contribution is -0.311. The highest BCUT2D eigenvalue weighted by molar-refractivity contribution is 5.99. The summed E-state index contributed by atoms with van der Waals surface area (Å²) in [6.45, 7) is -0.260. The van der Waals surface area contributed by atoms with Gasteiger partial charge in [-0.1, -0.05) is 18.2 Å². The van der Waals surface area contributed by atoms with Gasteiger partial charge in [0.25, 0.3) is 5.91 Å². The van der Waals surface area contributed by atoms with Gasteiger partial charge in [0.05, 0.1) is 18.6 Å². The maximum atomic E-state index is 12.0. The van der Waals surface area contributed by atoms with Crippen LogP contribution in [0, 0.1) is 0 Å². The predicted octanol–water partition coefficient (Wildman–Crippen LogP) is -1.20. The van der Waals surface area contributed by atoms with Gasteiger partial charge in [0.1, 0.15) is 0 Å². The largest absolute Gasteiger partial charge is 0.548 e. The summed E-state index contributed by atoms with van der Waals surface area (Å²) in [7, 11) is 0. The van der Waals surface area contributed by atoms with E-state index < -0.39 is 12.0 Å². The van der Waals surface area contributed by atoms with E-state index in [4.69, 9.17) is 5.11 Å². The van der Waals surface area contributed by atoms with Crippen LogP contribution in [0.1, 0.15) is 15.9 Å². The molecule has 0 unspecified atom stereocenters. The summed E-state index contributed by atoms with van der Waals surface area (Å²) >= 11 is 0. The first-order chi connectivity index (χ1) is 8.15. The van der Waals surface area contributed by atoms with Crippen LogP contribution in [0.25, 0.3) is 0 Å². The molecular weight excluding hydrogens is 222 g/mol. The highest BCUT2D eigenvalue weighted by Crippen LogP contribution is 2.22. The van der Waals surface area contributed by atoms with Crippen molar-refractivity contribution >= 4 is 11.9 Å². The number of benzene rings is 1. The second-order valence-electron chi connectivity index (χ2n) is 3.92. The zero-order valence-electron chi connectivity index (χ0n) is 9.13. The van der Waals surface area contributed by atoms with Crippen molar-refractivity contribution in [2.75, 3.05) is 13.2 Å². The number of aliphatic hydroxyl groups excluding tert-OH is 1. The molecule has 5 nitrogen and oxygen atoms in total. The Morgan fingerprint density at radius 2 is 2.18 bits per heavy atom. The van der Waals surface area contributed by atoms with E-state index in [-0.39, 0.29) is 25.5 Å². The van der Waals surface area contributed by atoms with Crippen LogP contribution in [-0.4, -0.2) is 41.1 Å². The number of carboxylic acid groups (broad SMARTS) is 1. The van der Waals surface area contributed by atoms with E-state index in [0.717, 1.165) is 4.90 Å². The average molecular weight is 234 g/mol. The number of amides is 1. The number of carboxylic acids is 1. The first-order valence-corrected chi connectivity index (χ1v) is 5.35. The van der Waals surface area contributed by atoms with E-state index in [1.807, 2.05) is 0 Å². The van der Waals surface area contributed by atoms with Crippen molar-refractivity contribution in [1.82, 2.24) is 4.90 Å². The molecule has 0 aromatic heterocycles. The average Bonchev–Trinajstić information content (AvgIpc) is 2.32. The quantitative estimate of drug-likeness (QED) is 0.712. The SMILES string of the molecule is O=C([O-])[C@@H]1Cc2ccccc2C(=O)N1CCO. The van der Waals surface area contributed by atoms with E-state index >= 15 is 0 Å². The second-order valence-corrected chi connectivity index (χ2v) is 3.92. The van der Waals surface area contributed by atoms with Crippen LogP contribution in [0.2, 0.25) is 0 Å². The molecule has 0 bridgehead atoms. The van der Waals surface area contributed by atoms with Gasteiger partial charge in [0.15, 0.2) is 0 Å². The summed E-state index contributed by atoms with van der Waals surface area (Å²) in [6.07, 6.45) is 0.226. The van der Waals surface area contributed by atoms with Crippen LogP contribution >= 0.6 is 0 Å². The van der Waals surface area contributed by atoms with Gasteiger partial charge < -0.3 is 19.9 Å². The predicted molar refractivity (Wildman–Crippen MR) is 57.1 cm³/mol. The molecule has 0 radical (unpaired) electrons. The number of nitrogens with zero attached hydrogens (tertiary/aromatic N) is 1. The number of carbonyl (C=O) groups is 2. The zero-order chi connectivity index (χ0) is 12.4. The number of hydrogen-bond acceptors (Lipinski definition) is 4. The summed E-state index contributed by atoms with van der Waals surface area (Å²) in [6, 6.07) is 5.89. The number of hydrogen-bond donors (Lipinski definition) is 1. The highest BCUT2D eigenvalue weighted by atomic mass is 16.4. The van der Waals surface area contributed by atoms with Crippen molar-refractivity contribution in [3.05, 3.63) is 35.4 Å². The molecule has 1 aliphatic rings. The lowest BCUT2D eigenvalue weighted by Gasteiger charge is -2.36. The van der Waals surface area contributed by atoms with Gasteiger partial charge in [-0.25, -0.2) is 0 Å². The fourth-order valence-electron chi connectivity index (χ4n) is 2.10. The first-order valence-electron chi connectivity index (χ1n) is 5.35. The molecule has 0 saturated carbocycles. The molecule has 0 spiro atoms. The Kier molecular flexibility index (Phi) is 3.10. The van der Waals surface area contributed by atoms with Crippen molar-refractivity contribution in [2.24, 2.45) is 0 Å². The monoisotopic (exact) mass is 234 g/mol. The molecule has 0 aliphatic carbocycles. The van der Waals surface area contributed by atoms with Crippen molar-refractivity contribution in [1.29, 1.82) is 0 Å². The molecule has 1 atom stereocenters. The summed E-state index contributed by atoms with van der Waals surface area (Å²) in [4.78, 5) is 24.2. The van der Waals surface area contributed by atoms with E-state index in [0.29, 0.717) is 11.1 Å². The number of aliphatic carboxylic acids is 1. The number of β-amino-alcohol motifs (C(OH)–C–C–N with tert-alkyl or cyclic N) is 1. The molecule has 0 saturated heterocycles. The summed E-state index contributed by atoms with van der Waals surface area (Å²) in [5.41, 5.74) is 1.21. The van der Waals surface area contributed by atoms with Gasteiger partial charge in [-0.3, -0.25) is 4.79 Å². The molecule has 1 aromatic carbocycles.